The van der Waals surface area contributed by atoms with E-state index in [-0.39, 0.29) is 25.6 Å². The van der Waals surface area contributed by atoms with Gasteiger partial charge in [0.1, 0.15) is 5.75 Å². The molecule has 0 aliphatic heterocycles. The van der Waals surface area contributed by atoms with Gasteiger partial charge in [0.05, 0.1) is 30.9 Å². The molecule has 0 aliphatic carbocycles. The van der Waals surface area contributed by atoms with Crippen LogP contribution in [0.4, 0.5) is 5.13 Å². The number of rotatable bonds is 9. The van der Waals surface area contributed by atoms with E-state index in [1.54, 1.807) is 37.4 Å². The smallest absolute Gasteiger partial charge is 0.338 e. The van der Waals surface area contributed by atoms with E-state index in [2.05, 4.69) is 10.3 Å². The molecule has 1 aromatic carbocycles. The van der Waals surface area contributed by atoms with Crippen LogP contribution in [0.1, 0.15) is 29.9 Å². The number of anilines is 1. The minimum atomic E-state index is -0.454. The van der Waals surface area contributed by atoms with Crippen molar-refractivity contribution in [3.05, 3.63) is 40.9 Å². The van der Waals surface area contributed by atoms with E-state index in [9.17, 15) is 14.4 Å². The fourth-order valence-electron chi connectivity index (χ4n) is 2.04. The lowest BCUT2D eigenvalue weighted by Crippen LogP contribution is -2.20. The largest absolute Gasteiger partial charge is 0.484 e. The molecule has 0 aliphatic rings. The summed E-state index contributed by atoms with van der Waals surface area (Å²) in [4.78, 5) is 39.3. The molecule has 0 atom stereocenters. The minimum absolute atomic E-state index is 0.0529. The van der Waals surface area contributed by atoms with Gasteiger partial charge in [0, 0.05) is 5.38 Å². The molecular weight excluding hydrogens is 372 g/mol. The van der Waals surface area contributed by atoms with Crippen LogP contribution in [-0.4, -0.2) is 42.7 Å². The van der Waals surface area contributed by atoms with E-state index in [0.29, 0.717) is 28.7 Å². The third kappa shape index (κ3) is 6.70. The van der Waals surface area contributed by atoms with Crippen molar-refractivity contribution in [3.63, 3.8) is 0 Å². The van der Waals surface area contributed by atoms with Gasteiger partial charge in [-0.25, -0.2) is 9.78 Å². The first-order valence-electron chi connectivity index (χ1n) is 8.31. The van der Waals surface area contributed by atoms with Crippen molar-refractivity contribution < 1.29 is 28.6 Å². The van der Waals surface area contributed by atoms with Crippen LogP contribution in [0.5, 0.6) is 5.75 Å². The zero-order valence-electron chi connectivity index (χ0n) is 15.0. The summed E-state index contributed by atoms with van der Waals surface area (Å²) in [6.07, 6.45) is 0.0529. The first-order chi connectivity index (χ1) is 13.0. The number of aromatic nitrogens is 1. The van der Waals surface area contributed by atoms with Gasteiger partial charge in [-0.1, -0.05) is 6.07 Å². The first-order valence-corrected chi connectivity index (χ1v) is 9.19. The number of carbonyl (C=O) groups is 3. The van der Waals surface area contributed by atoms with Crippen LogP contribution in [0, 0.1) is 0 Å². The lowest BCUT2D eigenvalue weighted by Gasteiger charge is -2.07. The Morgan fingerprint density at radius 3 is 2.67 bits per heavy atom. The summed E-state index contributed by atoms with van der Waals surface area (Å²) < 4.78 is 15.2. The number of thiazole rings is 1. The Balaban J connectivity index is 1.84. The summed E-state index contributed by atoms with van der Waals surface area (Å²) in [6, 6.07) is 6.39. The number of carbonyl (C=O) groups excluding carboxylic acids is 3. The maximum absolute atomic E-state index is 12.0. The molecule has 2 aromatic rings. The summed E-state index contributed by atoms with van der Waals surface area (Å²) >= 11 is 1.20. The number of hydrogen-bond donors (Lipinski definition) is 1. The average Bonchev–Trinajstić information content (AvgIpc) is 3.07. The van der Waals surface area contributed by atoms with Gasteiger partial charge in [0.15, 0.2) is 11.7 Å². The van der Waals surface area contributed by atoms with Gasteiger partial charge in [-0.15, -0.1) is 11.3 Å². The Morgan fingerprint density at radius 2 is 1.93 bits per heavy atom. The molecule has 0 fully saturated rings. The van der Waals surface area contributed by atoms with Crippen molar-refractivity contribution in [2.45, 2.75) is 20.3 Å². The summed E-state index contributed by atoms with van der Waals surface area (Å²) in [7, 11) is 0. The molecule has 0 spiro atoms. The Kier molecular flexibility index (Phi) is 7.75. The molecule has 144 valence electrons. The van der Waals surface area contributed by atoms with Crippen molar-refractivity contribution in [1.82, 2.24) is 4.98 Å². The van der Waals surface area contributed by atoms with Crippen LogP contribution in [0.3, 0.4) is 0 Å². The molecule has 0 saturated heterocycles. The number of hydrogen-bond acceptors (Lipinski definition) is 8. The van der Waals surface area contributed by atoms with Gasteiger partial charge in [0.2, 0.25) is 0 Å². The molecule has 2 rings (SSSR count). The second-order valence-corrected chi connectivity index (χ2v) is 6.07. The summed E-state index contributed by atoms with van der Waals surface area (Å²) in [5.74, 6) is -0.860. The van der Waals surface area contributed by atoms with Crippen LogP contribution in [0.2, 0.25) is 0 Å². The standard InChI is InChI=1S/C18H20N2O6S/c1-3-24-16(22)9-13-11-27-18(19-13)20-15(21)10-26-14-7-5-6-12(8-14)17(23)25-4-2/h5-8,11H,3-4,9-10H2,1-2H3,(H,19,20,21). The molecule has 1 aromatic heterocycles. The predicted octanol–water partition coefficient (Wildman–Crippen LogP) is 2.44. The number of amides is 1. The molecule has 0 radical (unpaired) electrons. The zero-order chi connectivity index (χ0) is 19.6. The number of ether oxygens (including phenoxy) is 3. The van der Waals surface area contributed by atoms with E-state index in [1.165, 1.54) is 17.4 Å². The number of nitrogens with zero attached hydrogens (tertiary/aromatic N) is 1. The lowest BCUT2D eigenvalue weighted by atomic mass is 10.2. The molecule has 1 N–H and O–H groups in total. The Hall–Kier alpha value is -2.94. The maximum atomic E-state index is 12.0. The quantitative estimate of drug-likeness (QED) is 0.654. The van der Waals surface area contributed by atoms with Crippen LogP contribution in [0.15, 0.2) is 29.6 Å². The summed E-state index contributed by atoms with van der Waals surface area (Å²) in [5.41, 5.74) is 0.870. The van der Waals surface area contributed by atoms with Gasteiger partial charge in [0.25, 0.3) is 5.91 Å². The fourth-order valence-corrected chi connectivity index (χ4v) is 2.76. The second-order valence-electron chi connectivity index (χ2n) is 5.21. The molecule has 9 heteroatoms. The normalized spacial score (nSPS) is 10.1. The van der Waals surface area contributed by atoms with E-state index < -0.39 is 11.9 Å². The Morgan fingerprint density at radius 1 is 1.15 bits per heavy atom. The highest BCUT2D eigenvalue weighted by atomic mass is 32.1. The Labute approximate surface area is 160 Å². The van der Waals surface area contributed by atoms with Crippen LogP contribution >= 0.6 is 11.3 Å². The SMILES string of the molecule is CCOC(=O)Cc1csc(NC(=O)COc2cccc(C(=O)OCC)c2)n1. The highest BCUT2D eigenvalue weighted by Crippen LogP contribution is 2.17. The molecule has 1 heterocycles. The van der Waals surface area contributed by atoms with Crippen molar-refractivity contribution >= 4 is 34.3 Å². The van der Waals surface area contributed by atoms with E-state index >= 15 is 0 Å². The molecule has 0 bridgehead atoms. The second kappa shape index (κ2) is 10.3. The van der Waals surface area contributed by atoms with Gasteiger partial charge in [-0.2, -0.15) is 0 Å². The third-order valence-electron chi connectivity index (χ3n) is 3.14. The molecule has 0 saturated carbocycles. The molecular formula is C18H20N2O6S. The third-order valence-corrected chi connectivity index (χ3v) is 3.95. The van der Waals surface area contributed by atoms with E-state index in [4.69, 9.17) is 14.2 Å². The van der Waals surface area contributed by atoms with Crippen molar-refractivity contribution in [2.75, 3.05) is 25.1 Å². The monoisotopic (exact) mass is 392 g/mol. The van der Waals surface area contributed by atoms with Gasteiger partial charge in [-0.3, -0.25) is 14.9 Å². The molecule has 27 heavy (non-hydrogen) atoms. The summed E-state index contributed by atoms with van der Waals surface area (Å²) in [5, 5.41) is 4.64. The maximum Gasteiger partial charge on any atom is 0.338 e. The lowest BCUT2D eigenvalue weighted by molar-refractivity contribution is -0.142. The van der Waals surface area contributed by atoms with Crippen LogP contribution in [0.25, 0.3) is 0 Å². The van der Waals surface area contributed by atoms with Gasteiger partial charge in [-0.05, 0) is 32.0 Å². The topological polar surface area (TPSA) is 104 Å². The van der Waals surface area contributed by atoms with E-state index in [1.807, 2.05) is 0 Å². The van der Waals surface area contributed by atoms with Crippen molar-refractivity contribution in [2.24, 2.45) is 0 Å². The highest BCUT2D eigenvalue weighted by molar-refractivity contribution is 7.13. The molecule has 8 nitrogen and oxygen atoms in total. The number of nitrogens with one attached hydrogen (secondary N) is 1. The van der Waals surface area contributed by atoms with E-state index in [0.717, 1.165) is 0 Å². The Bertz CT molecular complexity index is 805. The molecule has 1 amide bonds. The van der Waals surface area contributed by atoms with Crippen molar-refractivity contribution in [3.8, 4) is 5.75 Å². The number of esters is 2. The zero-order valence-corrected chi connectivity index (χ0v) is 15.8. The van der Waals surface area contributed by atoms with Crippen LogP contribution < -0.4 is 10.1 Å². The van der Waals surface area contributed by atoms with Gasteiger partial charge >= 0.3 is 11.9 Å². The predicted molar refractivity (Wildman–Crippen MR) is 99.0 cm³/mol. The first kappa shape index (κ1) is 20.4. The fraction of sp³-hybridized carbons (Fsp3) is 0.333. The van der Waals surface area contributed by atoms with Crippen molar-refractivity contribution in [1.29, 1.82) is 0 Å². The minimum Gasteiger partial charge on any atom is -0.484 e. The van der Waals surface area contributed by atoms with Gasteiger partial charge < -0.3 is 14.2 Å². The van der Waals surface area contributed by atoms with Crippen LogP contribution in [-0.2, 0) is 25.5 Å². The molecule has 0 unspecified atom stereocenters. The number of benzene rings is 1. The summed E-state index contributed by atoms with van der Waals surface area (Å²) in [6.45, 7) is 3.78. The average molecular weight is 392 g/mol. The highest BCUT2D eigenvalue weighted by Gasteiger charge is 2.12.